The van der Waals surface area contributed by atoms with Crippen molar-refractivity contribution < 1.29 is 51.8 Å². The van der Waals surface area contributed by atoms with E-state index < -0.39 is 68.1 Å². The molecule has 2 aliphatic rings. The summed E-state index contributed by atoms with van der Waals surface area (Å²) in [6.45, 7) is 6.92. The summed E-state index contributed by atoms with van der Waals surface area (Å²) in [5.74, 6) is 0.186. The molecule has 0 amide bonds. The number of nitrogens with zero attached hydrogens (tertiary/aromatic N) is 2. The van der Waals surface area contributed by atoms with Gasteiger partial charge in [-0.3, -0.25) is 13.8 Å². The van der Waals surface area contributed by atoms with E-state index in [2.05, 4.69) is 4.99 Å². The average Bonchev–Trinajstić information content (AvgIpc) is 3.08. The van der Waals surface area contributed by atoms with Crippen molar-refractivity contribution in [1.82, 2.24) is 4.90 Å². The van der Waals surface area contributed by atoms with Crippen molar-refractivity contribution in [3.8, 4) is 0 Å². The minimum absolute atomic E-state index is 0.0599. The van der Waals surface area contributed by atoms with Crippen LogP contribution >= 0.6 is 31.3 Å². The van der Waals surface area contributed by atoms with Crippen molar-refractivity contribution >= 4 is 48.5 Å². The Balaban J connectivity index is 1.99. The van der Waals surface area contributed by atoms with Crippen LogP contribution in [0, 0.1) is 5.41 Å². The highest BCUT2D eigenvalue weighted by Gasteiger charge is 2.48. The van der Waals surface area contributed by atoms with E-state index >= 15 is 0 Å². The molecule has 0 radical (unpaired) electrons. The first kappa shape index (κ1) is 32.8. The molecule has 0 bridgehead atoms. The van der Waals surface area contributed by atoms with Gasteiger partial charge >= 0.3 is 14.0 Å². The highest BCUT2D eigenvalue weighted by molar-refractivity contribution is 8.13. The third-order valence-electron chi connectivity index (χ3n) is 4.83. The van der Waals surface area contributed by atoms with Gasteiger partial charge in [0.1, 0.15) is 17.3 Å². The molecule has 1 saturated heterocycles. The zero-order chi connectivity index (χ0) is 28.7. The second-order valence-corrected chi connectivity index (χ2v) is 13.5. The number of rotatable bonds is 12. The first-order valence-corrected chi connectivity index (χ1v) is 15.0. The smallest absolute Gasteiger partial charge is 0.432 e. The topological polar surface area (TPSA) is 179 Å². The molecule has 0 aliphatic carbocycles. The number of alkyl halides is 1. The van der Waals surface area contributed by atoms with E-state index in [1.165, 1.54) is 17.2 Å². The molecule has 0 aromatic heterocycles. The molecule has 2 unspecified atom stereocenters. The lowest BCUT2D eigenvalue weighted by molar-refractivity contribution is -0.117. The van der Waals surface area contributed by atoms with Crippen LogP contribution in [0.15, 0.2) is 17.3 Å². The molecule has 2 rings (SSSR count). The van der Waals surface area contributed by atoms with Crippen molar-refractivity contribution in [2.45, 2.75) is 70.0 Å². The molecular formula is C21H35FN3O10PS2. The lowest BCUT2D eigenvalue weighted by atomic mass is 10.00. The molecule has 38 heavy (non-hydrogen) atoms. The molecular weight excluding hydrogens is 568 g/mol. The number of carbonyl (C=O) groups excluding carboxylic acids is 2. The third-order valence-corrected chi connectivity index (χ3v) is 9.01. The highest BCUT2D eigenvalue weighted by Crippen LogP contribution is 2.51. The number of hydrogen-bond acceptors (Lipinski definition) is 15. The van der Waals surface area contributed by atoms with Gasteiger partial charge in [0.25, 0.3) is 0 Å². The summed E-state index contributed by atoms with van der Waals surface area (Å²) in [4.78, 5) is 28.6. The third kappa shape index (κ3) is 9.97. The van der Waals surface area contributed by atoms with Gasteiger partial charge in [0.15, 0.2) is 11.3 Å². The van der Waals surface area contributed by atoms with Crippen LogP contribution in [0.1, 0.15) is 34.6 Å². The number of phosphoric ester groups is 1. The second-order valence-electron chi connectivity index (χ2n) is 9.43. The van der Waals surface area contributed by atoms with Gasteiger partial charge in [-0.05, 0) is 19.9 Å². The summed E-state index contributed by atoms with van der Waals surface area (Å²) in [7, 11) is -4.40. The van der Waals surface area contributed by atoms with E-state index in [9.17, 15) is 28.8 Å². The fourth-order valence-corrected chi connectivity index (χ4v) is 6.44. The van der Waals surface area contributed by atoms with Crippen LogP contribution in [-0.2, 0) is 32.4 Å². The van der Waals surface area contributed by atoms with Crippen molar-refractivity contribution in [2.24, 2.45) is 16.1 Å². The van der Waals surface area contributed by atoms with E-state index in [1.807, 2.05) is 0 Å². The van der Waals surface area contributed by atoms with Gasteiger partial charge in [-0.15, -0.1) is 11.8 Å². The zero-order valence-electron chi connectivity index (χ0n) is 21.7. The molecule has 1 fully saturated rings. The van der Waals surface area contributed by atoms with E-state index in [4.69, 9.17) is 28.8 Å². The molecule has 6 atom stereocenters. The average molecular weight is 604 g/mol. The van der Waals surface area contributed by atoms with Crippen LogP contribution in [0.3, 0.4) is 0 Å². The van der Waals surface area contributed by atoms with Crippen LogP contribution in [0.4, 0.5) is 9.18 Å². The Morgan fingerprint density at radius 2 is 1.97 bits per heavy atom. The summed E-state index contributed by atoms with van der Waals surface area (Å²) >= 11 is 1.89. The maximum Gasteiger partial charge on any atom is 0.510 e. The molecule has 0 aromatic rings. The fraction of sp³-hybridized carbons (Fsp3) is 0.762. The second kappa shape index (κ2) is 14.3. The van der Waals surface area contributed by atoms with E-state index in [0.717, 1.165) is 23.5 Å². The molecule has 13 nitrogen and oxygen atoms in total. The molecule has 0 saturated carbocycles. The molecule has 2 heterocycles. The molecule has 17 heteroatoms. The Morgan fingerprint density at radius 3 is 2.58 bits per heavy atom. The zero-order valence-corrected chi connectivity index (χ0v) is 24.2. The summed E-state index contributed by atoms with van der Waals surface area (Å²) in [6.07, 6.45) is -3.63. The first-order valence-electron chi connectivity index (χ1n) is 11.6. The Bertz CT molecular complexity index is 935. The standard InChI is InChI=1S/C21H35FN3O10PS2/c1-12(2)35-20(29)31-11-34-36(30,32-8-9-37-18(27)21(3,4)5)33-10-13-16(26)15(22)17(38-13)25-7-6-14(23)24-19(25)28/h6-7,12-13,15-17,19,26,28H,8-11H2,1-5H3,(H2,23,24)/t13-,15+,16-,17-,19?,36?/m1/s1. The predicted octanol–water partition coefficient (Wildman–Crippen LogP) is 2.57. The van der Waals surface area contributed by atoms with Gasteiger partial charge in [0.2, 0.25) is 13.1 Å². The summed E-state index contributed by atoms with van der Waals surface area (Å²) in [6, 6.07) is 0. The van der Waals surface area contributed by atoms with E-state index in [0.29, 0.717) is 0 Å². The lowest BCUT2D eigenvalue weighted by Gasteiger charge is -2.32. The number of hydrogen-bond donors (Lipinski definition) is 3. The first-order chi connectivity index (χ1) is 17.6. The minimum Gasteiger partial charge on any atom is -0.432 e. The van der Waals surface area contributed by atoms with Crippen molar-refractivity contribution in [2.75, 3.05) is 25.8 Å². The quantitative estimate of drug-likeness (QED) is 0.128. The Hall–Kier alpha value is -1.39. The highest BCUT2D eigenvalue weighted by atomic mass is 32.2. The number of halogens is 1. The van der Waals surface area contributed by atoms with Gasteiger partial charge < -0.3 is 30.3 Å². The van der Waals surface area contributed by atoms with Gasteiger partial charge in [-0.25, -0.2) is 23.3 Å². The number of aliphatic hydroxyl groups is 2. The molecule has 4 N–H and O–H groups in total. The maximum absolute atomic E-state index is 14.9. The predicted molar refractivity (Wildman–Crippen MR) is 140 cm³/mol. The summed E-state index contributed by atoms with van der Waals surface area (Å²) < 4.78 is 53.3. The number of nitrogens with two attached hydrogens (primary N) is 1. The number of amidine groups is 1. The van der Waals surface area contributed by atoms with E-state index in [1.54, 1.807) is 34.6 Å². The number of aliphatic imine (C=N–C) groups is 1. The number of carbonyl (C=O) groups is 2. The van der Waals surface area contributed by atoms with Crippen LogP contribution in [0.2, 0.25) is 0 Å². The molecule has 0 spiro atoms. The molecule has 0 aromatic carbocycles. The summed E-state index contributed by atoms with van der Waals surface area (Å²) in [5.41, 5.74) is 4.94. The van der Waals surface area contributed by atoms with Crippen LogP contribution in [0.5, 0.6) is 0 Å². The minimum atomic E-state index is -4.40. The number of phosphoric acid groups is 1. The maximum atomic E-state index is 14.9. The fourth-order valence-electron chi connectivity index (χ4n) is 2.92. The van der Waals surface area contributed by atoms with Gasteiger partial charge in [0.05, 0.1) is 24.6 Å². The van der Waals surface area contributed by atoms with Crippen LogP contribution in [-0.4, -0.2) is 93.3 Å². The van der Waals surface area contributed by atoms with E-state index in [-0.39, 0.29) is 23.3 Å². The summed E-state index contributed by atoms with van der Waals surface area (Å²) in [5, 5.41) is 18.4. The largest absolute Gasteiger partial charge is 0.510 e. The Morgan fingerprint density at radius 1 is 1.29 bits per heavy atom. The van der Waals surface area contributed by atoms with Gasteiger partial charge in [0, 0.05) is 17.4 Å². The molecule has 2 aliphatic heterocycles. The van der Waals surface area contributed by atoms with Crippen LogP contribution in [0.25, 0.3) is 0 Å². The number of ether oxygens (including phenoxy) is 2. The SMILES string of the molecule is CC(C)OC(=O)OCOP(=O)(OCCSC(=O)C(C)(C)C)OC[C@H]1S[C@@H](N2C=CC(N)=NC2O)[C@@H](F)[C@@H]1O. The monoisotopic (exact) mass is 603 g/mol. The Labute approximate surface area is 229 Å². The number of thioether (sulfide) groups is 2. The van der Waals surface area contributed by atoms with Gasteiger partial charge in [-0.1, -0.05) is 32.5 Å². The lowest BCUT2D eigenvalue weighted by Crippen LogP contribution is -2.44. The Kier molecular flexibility index (Phi) is 12.4. The van der Waals surface area contributed by atoms with Crippen molar-refractivity contribution in [3.05, 3.63) is 12.3 Å². The van der Waals surface area contributed by atoms with Gasteiger partial charge in [-0.2, -0.15) is 0 Å². The van der Waals surface area contributed by atoms with Crippen LogP contribution < -0.4 is 5.73 Å². The van der Waals surface area contributed by atoms with Crippen molar-refractivity contribution in [3.63, 3.8) is 0 Å². The molecule has 218 valence electrons. The normalized spacial score (nSPS) is 27.2. The number of aliphatic hydroxyl groups excluding tert-OH is 2. The van der Waals surface area contributed by atoms with Crippen molar-refractivity contribution in [1.29, 1.82) is 0 Å².